The molecular formula is C15H23ClN2O4S. The number of sulfonamides is 1. The van der Waals surface area contributed by atoms with Gasteiger partial charge in [0, 0.05) is 12.1 Å². The average Bonchev–Trinajstić information content (AvgIpc) is 2.48. The molecule has 23 heavy (non-hydrogen) atoms. The summed E-state index contributed by atoms with van der Waals surface area (Å²) in [4.78, 5) is 11.8. The van der Waals surface area contributed by atoms with Crippen LogP contribution in [0.25, 0.3) is 0 Å². The maximum atomic E-state index is 12.6. The first-order valence-electron chi connectivity index (χ1n) is 7.30. The van der Waals surface area contributed by atoms with Gasteiger partial charge in [0.2, 0.25) is 10.0 Å². The van der Waals surface area contributed by atoms with Gasteiger partial charge in [0.25, 0.3) is 0 Å². The third kappa shape index (κ3) is 4.44. The molecule has 1 aromatic carbocycles. The molecule has 1 heterocycles. The fourth-order valence-electron chi connectivity index (χ4n) is 2.70. The van der Waals surface area contributed by atoms with E-state index in [1.54, 1.807) is 19.1 Å². The molecule has 130 valence electrons. The molecule has 0 aliphatic carbocycles. The Morgan fingerprint density at radius 3 is 2.70 bits per heavy atom. The summed E-state index contributed by atoms with van der Waals surface area (Å²) in [6, 6.07) is 4.54. The van der Waals surface area contributed by atoms with Crippen molar-refractivity contribution >= 4 is 28.4 Å². The quantitative estimate of drug-likeness (QED) is 0.795. The van der Waals surface area contributed by atoms with Gasteiger partial charge in [-0.05, 0) is 50.9 Å². The predicted octanol–water partition coefficient (Wildman–Crippen LogP) is 1.62. The lowest BCUT2D eigenvalue weighted by Crippen LogP contribution is -2.51. The van der Waals surface area contributed by atoms with Crippen LogP contribution in [0.1, 0.15) is 35.7 Å². The third-order valence-corrected chi connectivity index (χ3v) is 5.68. The van der Waals surface area contributed by atoms with E-state index in [0.717, 1.165) is 19.4 Å². The van der Waals surface area contributed by atoms with E-state index in [-0.39, 0.29) is 34.9 Å². The van der Waals surface area contributed by atoms with Gasteiger partial charge in [-0.3, -0.25) is 0 Å². The predicted molar refractivity (Wildman–Crippen MR) is 90.6 cm³/mol. The number of nitrogens with one attached hydrogen (secondary N) is 2. The summed E-state index contributed by atoms with van der Waals surface area (Å²) in [5, 5.41) is 3.26. The number of carbonyl (C=O) groups excluding carboxylic acids is 1. The third-order valence-electron chi connectivity index (χ3n) is 4.05. The molecular weight excluding hydrogens is 340 g/mol. The van der Waals surface area contributed by atoms with Crippen molar-refractivity contribution in [2.45, 2.75) is 43.7 Å². The van der Waals surface area contributed by atoms with Gasteiger partial charge in [-0.15, -0.1) is 12.4 Å². The van der Waals surface area contributed by atoms with Gasteiger partial charge in [-0.2, -0.15) is 0 Å². The van der Waals surface area contributed by atoms with Gasteiger partial charge in [0.15, 0.2) is 0 Å². The molecule has 1 aliphatic rings. The Bertz CT molecular complexity index is 663. The van der Waals surface area contributed by atoms with Crippen molar-refractivity contribution in [2.75, 3.05) is 13.7 Å². The second kappa shape index (κ2) is 8.10. The van der Waals surface area contributed by atoms with Gasteiger partial charge in [-0.1, -0.05) is 6.07 Å². The number of esters is 1. The van der Waals surface area contributed by atoms with E-state index in [2.05, 4.69) is 14.8 Å². The lowest BCUT2D eigenvalue weighted by Gasteiger charge is -2.30. The summed E-state index contributed by atoms with van der Waals surface area (Å²) in [5.74, 6) is -0.540. The van der Waals surface area contributed by atoms with E-state index >= 15 is 0 Å². The highest BCUT2D eigenvalue weighted by molar-refractivity contribution is 7.89. The second-order valence-corrected chi connectivity index (χ2v) is 7.22. The molecule has 2 atom stereocenters. The zero-order valence-electron chi connectivity index (χ0n) is 13.5. The number of rotatable bonds is 4. The number of ether oxygens (including phenoxy) is 1. The number of hydrogen-bond acceptors (Lipinski definition) is 5. The highest BCUT2D eigenvalue weighted by Gasteiger charge is 2.28. The minimum absolute atomic E-state index is 0. The monoisotopic (exact) mass is 362 g/mol. The maximum Gasteiger partial charge on any atom is 0.338 e. The molecule has 0 bridgehead atoms. The molecule has 8 heteroatoms. The summed E-state index contributed by atoms with van der Waals surface area (Å²) >= 11 is 0. The first-order chi connectivity index (χ1) is 10.4. The molecule has 2 rings (SSSR count). The summed E-state index contributed by atoms with van der Waals surface area (Å²) in [6.45, 7) is 4.48. The molecule has 0 radical (unpaired) electrons. The lowest BCUT2D eigenvalue weighted by atomic mass is 10.0. The second-order valence-electron chi connectivity index (χ2n) is 5.53. The van der Waals surface area contributed by atoms with E-state index < -0.39 is 16.0 Å². The normalized spacial score (nSPS) is 21.3. The van der Waals surface area contributed by atoms with Crippen LogP contribution in [0.5, 0.6) is 0 Å². The minimum atomic E-state index is -3.69. The smallest absolute Gasteiger partial charge is 0.338 e. The number of piperidine rings is 1. The van der Waals surface area contributed by atoms with Gasteiger partial charge >= 0.3 is 5.97 Å². The Balaban J connectivity index is 0.00000264. The van der Waals surface area contributed by atoms with Crippen LogP contribution in [0.4, 0.5) is 0 Å². The number of halogens is 1. The molecule has 1 saturated heterocycles. The Hall–Kier alpha value is -1.15. The number of hydrogen-bond donors (Lipinski definition) is 2. The summed E-state index contributed by atoms with van der Waals surface area (Å²) in [7, 11) is -2.41. The van der Waals surface area contributed by atoms with Crippen molar-refractivity contribution in [2.24, 2.45) is 0 Å². The summed E-state index contributed by atoms with van der Waals surface area (Å²) < 4.78 is 32.7. The molecule has 6 nitrogen and oxygen atoms in total. The standard InChI is InChI=1S/C15H22N2O4S.ClH/c1-10-12(15(18)21-3)6-4-8-14(10)22(19,20)17-13-7-5-9-16-11(13)2;/h4,6,8,11,13,16-17H,5,7,9H2,1-3H3;1H. The molecule has 2 N–H and O–H groups in total. The molecule has 0 aromatic heterocycles. The number of carbonyl (C=O) groups is 1. The average molecular weight is 363 g/mol. The van der Waals surface area contributed by atoms with Crippen molar-refractivity contribution < 1.29 is 17.9 Å². The van der Waals surface area contributed by atoms with E-state index in [1.807, 2.05) is 6.92 Å². The topological polar surface area (TPSA) is 84.5 Å². The van der Waals surface area contributed by atoms with Crippen LogP contribution in [-0.4, -0.2) is 40.1 Å². The molecule has 0 saturated carbocycles. The fraction of sp³-hybridized carbons (Fsp3) is 0.533. The minimum Gasteiger partial charge on any atom is -0.465 e. The van der Waals surface area contributed by atoms with Crippen molar-refractivity contribution in [3.05, 3.63) is 29.3 Å². The maximum absolute atomic E-state index is 12.6. The van der Waals surface area contributed by atoms with Crippen molar-refractivity contribution in [1.29, 1.82) is 0 Å². The summed E-state index contributed by atoms with van der Waals surface area (Å²) in [6.07, 6.45) is 1.72. The summed E-state index contributed by atoms with van der Waals surface area (Å²) in [5.41, 5.74) is 0.665. The van der Waals surface area contributed by atoms with Crippen LogP contribution < -0.4 is 10.0 Å². The van der Waals surface area contributed by atoms with Crippen molar-refractivity contribution in [3.63, 3.8) is 0 Å². The van der Waals surface area contributed by atoms with Crippen LogP contribution in [0.15, 0.2) is 23.1 Å². The first kappa shape index (κ1) is 19.9. The number of methoxy groups -OCH3 is 1. The Kier molecular flexibility index (Phi) is 7.01. The molecule has 1 aliphatic heterocycles. The van der Waals surface area contributed by atoms with Crippen LogP contribution in [0.2, 0.25) is 0 Å². The van der Waals surface area contributed by atoms with Gasteiger partial charge < -0.3 is 10.1 Å². The number of benzene rings is 1. The van der Waals surface area contributed by atoms with E-state index in [4.69, 9.17) is 0 Å². The van der Waals surface area contributed by atoms with Crippen molar-refractivity contribution in [3.8, 4) is 0 Å². The Morgan fingerprint density at radius 1 is 1.39 bits per heavy atom. The van der Waals surface area contributed by atoms with Crippen molar-refractivity contribution in [1.82, 2.24) is 10.0 Å². The lowest BCUT2D eigenvalue weighted by molar-refractivity contribution is 0.0599. The van der Waals surface area contributed by atoms with E-state index in [0.29, 0.717) is 5.56 Å². The van der Waals surface area contributed by atoms with E-state index in [9.17, 15) is 13.2 Å². The van der Waals surface area contributed by atoms with Crippen LogP contribution in [0, 0.1) is 6.92 Å². The van der Waals surface area contributed by atoms with Crippen LogP contribution >= 0.6 is 12.4 Å². The highest BCUT2D eigenvalue weighted by Crippen LogP contribution is 2.21. The zero-order chi connectivity index (χ0) is 16.3. The van der Waals surface area contributed by atoms with Gasteiger partial charge in [-0.25, -0.2) is 17.9 Å². The fourth-order valence-corrected chi connectivity index (χ4v) is 4.32. The van der Waals surface area contributed by atoms with Crippen LogP contribution in [0.3, 0.4) is 0 Å². The Morgan fingerprint density at radius 2 is 2.09 bits per heavy atom. The Labute approximate surface area is 143 Å². The van der Waals surface area contributed by atoms with Crippen LogP contribution in [-0.2, 0) is 14.8 Å². The largest absolute Gasteiger partial charge is 0.465 e. The highest BCUT2D eigenvalue weighted by atomic mass is 35.5. The molecule has 1 aromatic rings. The molecule has 0 spiro atoms. The zero-order valence-corrected chi connectivity index (χ0v) is 15.1. The molecule has 0 amide bonds. The van der Waals surface area contributed by atoms with Gasteiger partial charge in [0.1, 0.15) is 0 Å². The first-order valence-corrected chi connectivity index (χ1v) is 8.79. The molecule has 1 fully saturated rings. The van der Waals surface area contributed by atoms with E-state index in [1.165, 1.54) is 13.2 Å². The SMILES string of the molecule is COC(=O)c1cccc(S(=O)(=O)NC2CCCNC2C)c1C.Cl. The molecule has 2 unspecified atom stereocenters. The van der Waals surface area contributed by atoms with Gasteiger partial charge in [0.05, 0.1) is 17.6 Å².